The third-order valence-electron chi connectivity index (χ3n) is 7.26. The molecule has 0 saturated carbocycles. The summed E-state index contributed by atoms with van der Waals surface area (Å²) in [6, 6.07) is 38.1. The number of halogens is 2. The monoisotopic (exact) mass is 598 g/mol. The molecule has 0 saturated heterocycles. The molecule has 0 spiro atoms. The van der Waals surface area contributed by atoms with Gasteiger partial charge in [0.1, 0.15) is 0 Å². The molecule has 0 aliphatic rings. The highest BCUT2D eigenvalue weighted by molar-refractivity contribution is 6.32. The lowest BCUT2D eigenvalue weighted by Gasteiger charge is -2.16. The summed E-state index contributed by atoms with van der Waals surface area (Å²) in [5, 5.41) is 13.9. The largest absolute Gasteiger partial charge is 0.322 e. The van der Waals surface area contributed by atoms with Crippen molar-refractivity contribution in [1.82, 2.24) is 9.97 Å². The van der Waals surface area contributed by atoms with Crippen molar-refractivity contribution < 1.29 is 4.79 Å². The van der Waals surface area contributed by atoms with Gasteiger partial charge in [0.05, 0.1) is 34.4 Å². The molecule has 1 N–H and O–H groups in total. The SMILES string of the molecule is Cc1cc(C(C#N)c2ccc(Cl)cc2)c(Cl)cc1NC(=O)c1ccc2nc(-c3ccccc3)c(-c3ccccc3)nc2c1. The second-order valence-corrected chi connectivity index (χ2v) is 11.0. The zero-order valence-electron chi connectivity index (χ0n) is 23.1. The summed E-state index contributed by atoms with van der Waals surface area (Å²) in [6.07, 6.45) is 0. The molecule has 43 heavy (non-hydrogen) atoms. The Morgan fingerprint density at radius 2 is 1.37 bits per heavy atom. The minimum Gasteiger partial charge on any atom is -0.322 e. The Hall–Kier alpha value is -5.02. The Morgan fingerprint density at radius 3 is 1.98 bits per heavy atom. The lowest BCUT2D eigenvalue weighted by molar-refractivity contribution is 0.102. The van der Waals surface area contributed by atoms with Crippen LogP contribution in [0.3, 0.4) is 0 Å². The van der Waals surface area contributed by atoms with E-state index in [-0.39, 0.29) is 5.91 Å². The van der Waals surface area contributed by atoms with Crippen LogP contribution in [0.2, 0.25) is 10.0 Å². The number of hydrogen-bond donors (Lipinski definition) is 1. The van der Waals surface area contributed by atoms with Crippen molar-refractivity contribution in [3.05, 3.63) is 148 Å². The van der Waals surface area contributed by atoms with Gasteiger partial charge in [0.2, 0.25) is 0 Å². The molecule has 7 heteroatoms. The molecule has 6 aromatic rings. The van der Waals surface area contributed by atoms with E-state index < -0.39 is 5.92 Å². The minimum atomic E-state index is -0.577. The molecule has 1 aromatic heterocycles. The average Bonchev–Trinajstić information content (AvgIpc) is 3.04. The van der Waals surface area contributed by atoms with Crippen LogP contribution in [0.4, 0.5) is 5.69 Å². The predicted octanol–water partition coefficient (Wildman–Crippen LogP) is 9.49. The van der Waals surface area contributed by atoms with Crippen molar-refractivity contribution in [3.8, 4) is 28.6 Å². The van der Waals surface area contributed by atoms with Crippen molar-refractivity contribution >= 4 is 45.8 Å². The third kappa shape index (κ3) is 5.85. The van der Waals surface area contributed by atoms with E-state index in [2.05, 4.69) is 11.4 Å². The van der Waals surface area contributed by atoms with Gasteiger partial charge in [-0.15, -0.1) is 0 Å². The molecule has 0 bridgehead atoms. The van der Waals surface area contributed by atoms with Crippen LogP contribution in [0.25, 0.3) is 33.5 Å². The third-order valence-corrected chi connectivity index (χ3v) is 7.84. The van der Waals surface area contributed by atoms with Crippen LogP contribution in [0.5, 0.6) is 0 Å². The van der Waals surface area contributed by atoms with E-state index in [1.54, 1.807) is 30.3 Å². The molecule has 0 aliphatic heterocycles. The minimum absolute atomic E-state index is 0.307. The number of rotatable bonds is 6. The van der Waals surface area contributed by atoms with Crippen LogP contribution in [-0.4, -0.2) is 15.9 Å². The first-order valence-electron chi connectivity index (χ1n) is 13.6. The molecular weight excluding hydrogens is 575 g/mol. The van der Waals surface area contributed by atoms with E-state index in [1.807, 2.05) is 91.9 Å². The molecule has 208 valence electrons. The first-order chi connectivity index (χ1) is 20.9. The summed E-state index contributed by atoms with van der Waals surface area (Å²) in [7, 11) is 0. The van der Waals surface area contributed by atoms with Gasteiger partial charge in [-0.1, -0.05) is 102 Å². The Labute approximate surface area is 259 Å². The normalized spacial score (nSPS) is 11.6. The highest BCUT2D eigenvalue weighted by atomic mass is 35.5. The smallest absolute Gasteiger partial charge is 0.255 e. The van der Waals surface area contributed by atoms with Gasteiger partial charge in [-0.25, -0.2) is 9.97 Å². The summed E-state index contributed by atoms with van der Waals surface area (Å²) >= 11 is 12.7. The van der Waals surface area contributed by atoms with Crippen LogP contribution in [-0.2, 0) is 0 Å². The van der Waals surface area contributed by atoms with Crippen molar-refractivity contribution in [3.63, 3.8) is 0 Å². The number of nitriles is 1. The van der Waals surface area contributed by atoms with Gasteiger partial charge in [0.15, 0.2) is 0 Å². The summed E-state index contributed by atoms with van der Waals surface area (Å²) in [5.41, 5.74) is 7.91. The Bertz CT molecular complexity index is 2000. The highest BCUT2D eigenvalue weighted by Crippen LogP contribution is 2.35. The molecule has 0 fully saturated rings. The Kier molecular flexibility index (Phi) is 7.89. The maximum absolute atomic E-state index is 13.4. The lowest BCUT2D eigenvalue weighted by atomic mass is 9.91. The van der Waals surface area contributed by atoms with Gasteiger partial charge in [0, 0.05) is 32.4 Å². The molecule has 1 amide bonds. The van der Waals surface area contributed by atoms with Crippen LogP contribution in [0.1, 0.15) is 33.0 Å². The van der Waals surface area contributed by atoms with Gasteiger partial charge >= 0.3 is 0 Å². The van der Waals surface area contributed by atoms with Gasteiger partial charge in [-0.3, -0.25) is 4.79 Å². The predicted molar refractivity (Wildman–Crippen MR) is 173 cm³/mol. The second kappa shape index (κ2) is 12.1. The number of carbonyl (C=O) groups is 1. The number of hydrogen-bond acceptors (Lipinski definition) is 4. The van der Waals surface area contributed by atoms with E-state index in [0.29, 0.717) is 37.9 Å². The zero-order chi connectivity index (χ0) is 29.9. The maximum Gasteiger partial charge on any atom is 0.255 e. The van der Waals surface area contributed by atoms with E-state index >= 15 is 0 Å². The van der Waals surface area contributed by atoms with Gasteiger partial charge < -0.3 is 5.32 Å². The van der Waals surface area contributed by atoms with Gasteiger partial charge in [0.25, 0.3) is 5.91 Å². The van der Waals surface area contributed by atoms with Crippen LogP contribution in [0.15, 0.2) is 115 Å². The molecule has 1 heterocycles. The van der Waals surface area contributed by atoms with Crippen molar-refractivity contribution in [2.24, 2.45) is 0 Å². The molecule has 5 nitrogen and oxygen atoms in total. The van der Waals surface area contributed by atoms with Gasteiger partial charge in [-0.2, -0.15) is 5.26 Å². The van der Waals surface area contributed by atoms with E-state index in [4.69, 9.17) is 33.2 Å². The highest BCUT2D eigenvalue weighted by Gasteiger charge is 2.20. The van der Waals surface area contributed by atoms with Crippen molar-refractivity contribution in [2.45, 2.75) is 12.8 Å². The van der Waals surface area contributed by atoms with Gasteiger partial charge in [-0.05, 0) is 60.0 Å². The quantitative estimate of drug-likeness (QED) is 0.207. The number of amides is 1. The number of carbonyl (C=O) groups excluding carboxylic acids is 1. The van der Waals surface area contributed by atoms with Crippen LogP contribution in [0, 0.1) is 18.3 Å². The maximum atomic E-state index is 13.4. The van der Waals surface area contributed by atoms with E-state index in [0.717, 1.165) is 33.6 Å². The topological polar surface area (TPSA) is 78.7 Å². The molecule has 0 aliphatic carbocycles. The number of aromatic nitrogens is 2. The van der Waals surface area contributed by atoms with E-state index in [1.165, 1.54) is 0 Å². The molecular formula is C36H24Cl2N4O. The molecule has 1 unspecified atom stereocenters. The van der Waals surface area contributed by atoms with Crippen LogP contribution < -0.4 is 5.32 Å². The average molecular weight is 600 g/mol. The molecule has 1 atom stereocenters. The molecule has 0 radical (unpaired) electrons. The molecule has 6 rings (SSSR count). The van der Waals surface area contributed by atoms with Crippen molar-refractivity contribution in [2.75, 3.05) is 5.32 Å². The van der Waals surface area contributed by atoms with Crippen LogP contribution >= 0.6 is 23.2 Å². The summed E-state index contributed by atoms with van der Waals surface area (Å²) in [5.74, 6) is -0.884. The fourth-order valence-electron chi connectivity index (χ4n) is 5.02. The number of anilines is 1. The number of benzene rings is 5. The number of nitrogens with zero attached hydrogens (tertiary/aromatic N) is 3. The summed E-state index contributed by atoms with van der Waals surface area (Å²) < 4.78 is 0. The second-order valence-electron chi connectivity index (χ2n) is 10.1. The van der Waals surface area contributed by atoms with E-state index in [9.17, 15) is 10.1 Å². The lowest BCUT2D eigenvalue weighted by Crippen LogP contribution is -2.13. The number of aryl methyl sites for hydroxylation is 1. The van der Waals surface area contributed by atoms with Crippen molar-refractivity contribution in [1.29, 1.82) is 5.26 Å². The summed E-state index contributed by atoms with van der Waals surface area (Å²) in [6.45, 7) is 1.87. The fourth-order valence-corrected chi connectivity index (χ4v) is 5.42. The molecule has 5 aromatic carbocycles. The Balaban J connectivity index is 1.33. The number of fused-ring (bicyclic) bond motifs is 1. The fraction of sp³-hybridized carbons (Fsp3) is 0.0556. The standard InChI is InChI=1S/C36H24Cl2N4O/c1-22-18-28(29(21-39)23-12-15-27(37)16-13-23)30(38)20-32(22)42-36(43)26-14-17-31-33(19-26)41-35(25-10-6-3-7-11-25)34(40-31)24-8-4-2-5-9-24/h2-20,29H,1H3,(H,42,43). The first kappa shape index (κ1) is 28.1. The zero-order valence-corrected chi connectivity index (χ0v) is 24.6. The summed E-state index contributed by atoms with van der Waals surface area (Å²) in [4.78, 5) is 23.4. The first-order valence-corrected chi connectivity index (χ1v) is 14.4. The Morgan fingerprint density at radius 1 is 0.767 bits per heavy atom. The number of nitrogens with one attached hydrogen (secondary N) is 1.